The molecule has 2 aromatic rings. The molecular formula is C22H34N4O2. The number of nitrogens with zero attached hydrogens (tertiary/aromatic N) is 3. The lowest BCUT2D eigenvalue weighted by Gasteiger charge is -2.34. The van der Waals surface area contributed by atoms with Crippen molar-refractivity contribution >= 4 is 5.97 Å². The Kier molecular flexibility index (Phi) is 6.04. The number of rotatable bonds is 5. The minimum absolute atomic E-state index is 0.140. The molecule has 6 nitrogen and oxygen atoms in total. The Balaban J connectivity index is 2.38. The number of carbonyl (C=O) groups excluding carboxylic acids is 1. The summed E-state index contributed by atoms with van der Waals surface area (Å²) in [7, 11) is 0. The van der Waals surface area contributed by atoms with Crippen LogP contribution in [0.15, 0.2) is 30.5 Å². The van der Waals surface area contributed by atoms with Gasteiger partial charge in [0.2, 0.25) is 0 Å². The van der Waals surface area contributed by atoms with E-state index in [0.29, 0.717) is 6.42 Å². The molecular weight excluding hydrogens is 352 g/mol. The topological polar surface area (TPSA) is 83.0 Å². The molecule has 28 heavy (non-hydrogen) atoms. The van der Waals surface area contributed by atoms with Gasteiger partial charge < -0.3 is 10.5 Å². The van der Waals surface area contributed by atoms with Crippen LogP contribution in [0.1, 0.15) is 67.4 Å². The van der Waals surface area contributed by atoms with Gasteiger partial charge in [0.15, 0.2) is 0 Å². The van der Waals surface area contributed by atoms with Crippen molar-refractivity contribution in [1.82, 2.24) is 15.0 Å². The van der Waals surface area contributed by atoms with E-state index < -0.39 is 11.5 Å². The first-order valence-corrected chi connectivity index (χ1v) is 9.76. The van der Waals surface area contributed by atoms with Gasteiger partial charge in [0.1, 0.15) is 11.2 Å². The summed E-state index contributed by atoms with van der Waals surface area (Å²) in [5.41, 5.74) is 7.56. The quantitative estimate of drug-likeness (QED) is 0.777. The van der Waals surface area contributed by atoms with E-state index >= 15 is 0 Å². The minimum atomic E-state index is -1.20. The molecule has 154 valence electrons. The van der Waals surface area contributed by atoms with Crippen LogP contribution in [0, 0.1) is 5.41 Å². The van der Waals surface area contributed by atoms with Gasteiger partial charge in [-0.3, -0.25) is 0 Å². The van der Waals surface area contributed by atoms with Gasteiger partial charge in [0, 0.05) is 5.56 Å². The molecule has 0 spiro atoms. The van der Waals surface area contributed by atoms with E-state index in [1.54, 1.807) is 11.0 Å². The molecule has 1 aromatic carbocycles. The first-order chi connectivity index (χ1) is 12.7. The Bertz CT molecular complexity index is 810. The Hall–Kier alpha value is -2.21. The molecule has 1 heterocycles. The van der Waals surface area contributed by atoms with Gasteiger partial charge in [-0.05, 0) is 52.0 Å². The normalized spacial score (nSPS) is 14.8. The summed E-state index contributed by atoms with van der Waals surface area (Å²) in [5, 5.41) is 8.91. The van der Waals surface area contributed by atoms with Gasteiger partial charge in [-0.15, -0.1) is 0 Å². The van der Waals surface area contributed by atoms with Crippen LogP contribution in [0.4, 0.5) is 0 Å². The number of esters is 1. The van der Waals surface area contributed by atoms with Crippen molar-refractivity contribution in [3.8, 4) is 11.3 Å². The molecule has 0 bridgehead atoms. The van der Waals surface area contributed by atoms with Crippen LogP contribution < -0.4 is 5.73 Å². The van der Waals surface area contributed by atoms with Crippen molar-refractivity contribution < 1.29 is 9.53 Å². The summed E-state index contributed by atoms with van der Waals surface area (Å²) in [6, 6.07) is 7.63. The molecule has 1 aromatic heterocycles. The zero-order valence-electron chi connectivity index (χ0n) is 18.4. The SMILES string of the molecule is CC(C)OC(=O)[C@@](N)(CC(C)(C)C)c1ccc(-c2cnn(C(C)(C)C)n2)cc1. The summed E-state index contributed by atoms with van der Waals surface area (Å²) in [6.07, 6.45) is 2.01. The summed E-state index contributed by atoms with van der Waals surface area (Å²) in [6.45, 7) is 16.0. The van der Waals surface area contributed by atoms with E-state index in [0.717, 1.165) is 16.8 Å². The molecule has 0 radical (unpaired) electrons. The predicted molar refractivity (Wildman–Crippen MR) is 112 cm³/mol. The van der Waals surface area contributed by atoms with Crippen molar-refractivity contribution in [2.45, 2.75) is 79.0 Å². The van der Waals surface area contributed by atoms with E-state index in [1.807, 2.05) is 38.1 Å². The summed E-state index contributed by atoms with van der Waals surface area (Å²) < 4.78 is 5.48. The highest BCUT2D eigenvalue weighted by Gasteiger charge is 2.41. The molecule has 1 atom stereocenters. The average Bonchev–Trinajstić information content (AvgIpc) is 3.03. The lowest BCUT2D eigenvalue weighted by atomic mass is 9.76. The Morgan fingerprint density at radius 2 is 1.68 bits per heavy atom. The number of nitrogens with two attached hydrogens (primary N) is 1. The second-order valence-corrected chi connectivity index (χ2v) is 9.93. The fourth-order valence-electron chi connectivity index (χ4n) is 3.10. The third-order valence-electron chi connectivity index (χ3n) is 4.30. The lowest BCUT2D eigenvalue weighted by molar-refractivity contribution is -0.156. The molecule has 0 amide bonds. The van der Waals surface area contributed by atoms with Gasteiger partial charge >= 0.3 is 5.97 Å². The zero-order valence-corrected chi connectivity index (χ0v) is 18.4. The highest BCUT2D eigenvalue weighted by Crippen LogP contribution is 2.35. The van der Waals surface area contributed by atoms with Crippen LogP contribution in [0.3, 0.4) is 0 Å². The van der Waals surface area contributed by atoms with Crippen molar-refractivity contribution in [2.75, 3.05) is 0 Å². The van der Waals surface area contributed by atoms with Crippen LogP contribution in [0.2, 0.25) is 0 Å². The van der Waals surface area contributed by atoms with Crippen molar-refractivity contribution in [3.05, 3.63) is 36.0 Å². The lowest BCUT2D eigenvalue weighted by Crippen LogP contribution is -2.49. The van der Waals surface area contributed by atoms with E-state index in [-0.39, 0.29) is 17.1 Å². The third-order valence-corrected chi connectivity index (χ3v) is 4.30. The van der Waals surface area contributed by atoms with Crippen LogP contribution in [-0.2, 0) is 20.6 Å². The van der Waals surface area contributed by atoms with Gasteiger partial charge in [-0.1, -0.05) is 45.0 Å². The summed E-state index contributed by atoms with van der Waals surface area (Å²) in [5.74, 6) is -0.399. The number of hydrogen-bond acceptors (Lipinski definition) is 5. The minimum Gasteiger partial charge on any atom is -0.461 e. The van der Waals surface area contributed by atoms with Crippen LogP contribution >= 0.6 is 0 Å². The van der Waals surface area contributed by atoms with Crippen LogP contribution in [0.5, 0.6) is 0 Å². The number of hydrogen-bond donors (Lipinski definition) is 1. The van der Waals surface area contributed by atoms with Gasteiger partial charge in [-0.25, -0.2) is 4.79 Å². The molecule has 0 aliphatic carbocycles. The molecule has 0 aliphatic rings. The monoisotopic (exact) mass is 386 g/mol. The Morgan fingerprint density at radius 3 is 2.11 bits per heavy atom. The summed E-state index contributed by atoms with van der Waals surface area (Å²) >= 11 is 0. The molecule has 2 N–H and O–H groups in total. The standard InChI is InChI=1S/C22H34N4O2/c1-15(2)28-19(27)22(23,14-20(3,4)5)17-11-9-16(10-12-17)18-13-24-26(25-18)21(6,7)8/h9-13,15H,14,23H2,1-8H3/t22-/m1/s1. The number of ether oxygens (including phenoxy) is 1. The molecule has 0 saturated carbocycles. The second kappa shape index (κ2) is 7.66. The number of aromatic nitrogens is 3. The largest absolute Gasteiger partial charge is 0.461 e. The van der Waals surface area contributed by atoms with Gasteiger partial charge in [-0.2, -0.15) is 15.0 Å². The van der Waals surface area contributed by atoms with E-state index in [4.69, 9.17) is 10.5 Å². The molecule has 0 aliphatic heterocycles. The average molecular weight is 387 g/mol. The highest BCUT2D eigenvalue weighted by molar-refractivity contribution is 5.83. The number of carbonyl (C=O) groups is 1. The summed E-state index contributed by atoms with van der Waals surface area (Å²) in [4.78, 5) is 14.5. The molecule has 2 rings (SSSR count). The van der Waals surface area contributed by atoms with Crippen molar-refractivity contribution in [1.29, 1.82) is 0 Å². The van der Waals surface area contributed by atoms with Crippen LogP contribution in [-0.4, -0.2) is 27.1 Å². The molecule has 0 unspecified atom stereocenters. The van der Waals surface area contributed by atoms with Gasteiger partial charge in [0.05, 0.1) is 17.8 Å². The Morgan fingerprint density at radius 1 is 1.11 bits per heavy atom. The predicted octanol–water partition coefficient (Wildman–Crippen LogP) is 4.24. The van der Waals surface area contributed by atoms with Crippen molar-refractivity contribution in [2.24, 2.45) is 11.1 Å². The number of benzene rings is 1. The second-order valence-electron chi connectivity index (χ2n) is 9.93. The third kappa shape index (κ3) is 5.19. The zero-order chi connectivity index (χ0) is 21.3. The fraction of sp³-hybridized carbons (Fsp3) is 0.591. The van der Waals surface area contributed by atoms with Crippen molar-refractivity contribution in [3.63, 3.8) is 0 Å². The van der Waals surface area contributed by atoms with E-state index in [2.05, 4.69) is 51.7 Å². The highest BCUT2D eigenvalue weighted by atomic mass is 16.5. The fourth-order valence-corrected chi connectivity index (χ4v) is 3.10. The first kappa shape index (κ1) is 22.1. The molecule has 0 fully saturated rings. The molecule has 0 saturated heterocycles. The molecule has 6 heteroatoms. The van der Waals surface area contributed by atoms with Gasteiger partial charge in [0.25, 0.3) is 0 Å². The van der Waals surface area contributed by atoms with E-state index in [1.165, 1.54) is 0 Å². The maximum Gasteiger partial charge on any atom is 0.331 e. The van der Waals surface area contributed by atoms with Crippen LogP contribution in [0.25, 0.3) is 11.3 Å². The maximum atomic E-state index is 12.8. The van der Waals surface area contributed by atoms with E-state index in [9.17, 15) is 4.79 Å². The maximum absolute atomic E-state index is 12.8. The first-order valence-electron chi connectivity index (χ1n) is 9.76. The Labute approximate surface area is 168 Å². The smallest absolute Gasteiger partial charge is 0.331 e.